The van der Waals surface area contributed by atoms with Crippen LogP contribution in [0.4, 0.5) is 0 Å². The number of methoxy groups -OCH3 is 1. The molecule has 132 valence electrons. The topological polar surface area (TPSA) is 43.4 Å². The summed E-state index contributed by atoms with van der Waals surface area (Å²) in [6, 6.07) is 0. The standard InChI is InChI=1S/C21H30O3/c1-12-16(22)8-11-21-15-7-9-19(2)14(4-5-17(19)23)13(15)6-10-20(12,21)18(21)24-3/h12-15,18H,4-11H2,1-3H3/t12-,13+,14+,15+,18?,19+,20-,21-/m1/s1. The van der Waals surface area contributed by atoms with E-state index in [4.69, 9.17) is 4.74 Å². The summed E-state index contributed by atoms with van der Waals surface area (Å²) in [5.74, 6) is 3.09. The van der Waals surface area contributed by atoms with E-state index in [1.807, 2.05) is 7.11 Å². The van der Waals surface area contributed by atoms with Crippen molar-refractivity contribution < 1.29 is 14.3 Å². The van der Waals surface area contributed by atoms with E-state index in [2.05, 4.69) is 13.8 Å². The highest BCUT2D eigenvalue weighted by Crippen LogP contribution is 2.84. The first-order valence-electron chi connectivity index (χ1n) is 10.0. The molecular weight excluding hydrogens is 300 g/mol. The van der Waals surface area contributed by atoms with Crippen molar-refractivity contribution >= 4 is 11.6 Å². The van der Waals surface area contributed by atoms with E-state index in [-0.39, 0.29) is 28.3 Å². The van der Waals surface area contributed by atoms with Gasteiger partial charge >= 0.3 is 0 Å². The molecule has 24 heavy (non-hydrogen) atoms. The molecule has 0 amide bonds. The van der Waals surface area contributed by atoms with Gasteiger partial charge in [0, 0.05) is 42.1 Å². The van der Waals surface area contributed by atoms with Gasteiger partial charge in [-0.25, -0.2) is 0 Å². The highest BCUT2D eigenvalue weighted by molar-refractivity contribution is 5.87. The molecule has 5 saturated carbocycles. The Morgan fingerprint density at radius 1 is 0.958 bits per heavy atom. The monoisotopic (exact) mass is 330 g/mol. The molecule has 0 bridgehead atoms. The first-order chi connectivity index (χ1) is 11.4. The van der Waals surface area contributed by atoms with Crippen molar-refractivity contribution in [1.82, 2.24) is 0 Å². The SMILES string of the molecule is COC1[C@]23CC[C@@H]4[C@H](CC[C@]5(C)C(=O)CC[C@@H]45)[C@]12CCC(=O)[C@H]3C. The summed E-state index contributed by atoms with van der Waals surface area (Å²) in [6.07, 6.45) is 8.54. The van der Waals surface area contributed by atoms with Crippen LogP contribution in [0, 0.1) is 39.9 Å². The van der Waals surface area contributed by atoms with Gasteiger partial charge in [-0.1, -0.05) is 13.8 Å². The van der Waals surface area contributed by atoms with Gasteiger partial charge in [0.05, 0.1) is 6.10 Å². The molecule has 0 saturated heterocycles. The summed E-state index contributed by atoms with van der Waals surface area (Å²) in [6.45, 7) is 4.41. The van der Waals surface area contributed by atoms with Crippen LogP contribution in [-0.4, -0.2) is 24.8 Å². The number of hydrogen-bond acceptors (Lipinski definition) is 3. The van der Waals surface area contributed by atoms with Gasteiger partial charge in [-0.05, 0) is 56.3 Å². The predicted octanol–water partition coefficient (Wildman–Crippen LogP) is 3.79. The molecule has 0 spiro atoms. The van der Waals surface area contributed by atoms with Crippen LogP contribution in [0.25, 0.3) is 0 Å². The molecule has 3 nitrogen and oxygen atoms in total. The third kappa shape index (κ3) is 1.40. The van der Waals surface area contributed by atoms with Gasteiger partial charge in [-0.3, -0.25) is 9.59 Å². The zero-order valence-corrected chi connectivity index (χ0v) is 15.3. The Balaban J connectivity index is 1.56. The minimum Gasteiger partial charge on any atom is -0.380 e. The number of Topliss-reactive ketones (excluding diaryl/α,β-unsaturated/α-hetero) is 2. The molecule has 5 rings (SSSR count). The number of ketones is 2. The minimum absolute atomic E-state index is 0.0502. The van der Waals surface area contributed by atoms with Crippen molar-refractivity contribution in [3.8, 4) is 0 Å². The second kappa shape index (κ2) is 4.52. The molecule has 8 atom stereocenters. The van der Waals surface area contributed by atoms with Gasteiger partial charge in [0.2, 0.25) is 0 Å². The Bertz CT molecular complexity index is 627. The Kier molecular flexibility index (Phi) is 2.93. The van der Waals surface area contributed by atoms with Crippen LogP contribution < -0.4 is 0 Å². The predicted molar refractivity (Wildman–Crippen MR) is 90.4 cm³/mol. The van der Waals surface area contributed by atoms with Crippen molar-refractivity contribution in [3.05, 3.63) is 0 Å². The first kappa shape index (κ1) is 15.5. The van der Waals surface area contributed by atoms with Crippen molar-refractivity contribution in [2.24, 2.45) is 39.9 Å². The molecule has 5 fully saturated rings. The van der Waals surface area contributed by atoms with Gasteiger partial charge in [0.15, 0.2) is 0 Å². The molecule has 1 unspecified atom stereocenters. The molecule has 5 aliphatic rings. The Morgan fingerprint density at radius 2 is 1.75 bits per heavy atom. The number of ether oxygens (including phenoxy) is 1. The maximum atomic E-state index is 12.5. The van der Waals surface area contributed by atoms with E-state index < -0.39 is 0 Å². The van der Waals surface area contributed by atoms with Crippen LogP contribution in [0.5, 0.6) is 0 Å². The molecule has 0 heterocycles. The summed E-state index contributed by atoms with van der Waals surface area (Å²) >= 11 is 0. The smallest absolute Gasteiger partial charge is 0.139 e. The lowest BCUT2D eigenvalue weighted by Crippen LogP contribution is -2.50. The fourth-order valence-electron chi connectivity index (χ4n) is 8.67. The van der Waals surface area contributed by atoms with E-state index in [1.54, 1.807) is 0 Å². The molecule has 3 heteroatoms. The fourth-order valence-corrected chi connectivity index (χ4v) is 8.67. The van der Waals surface area contributed by atoms with Gasteiger partial charge in [-0.15, -0.1) is 0 Å². The number of carbonyl (C=O) groups is 2. The Labute approximate surface area is 144 Å². The number of rotatable bonds is 1. The zero-order chi connectivity index (χ0) is 16.9. The van der Waals surface area contributed by atoms with Crippen molar-refractivity contribution in [2.75, 3.05) is 7.11 Å². The summed E-state index contributed by atoms with van der Waals surface area (Å²) in [5, 5.41) is 0. The lowest BCUT2D eigenvalue weighted by molar-refractivity contribution is -0.138. The number of fused-ring (bicyclic) bond motifs is 3. The molecule has 5 aliphatic carbocycles. The normalized spacial score (nSPS) is 58.5. The molecule has 0 aliphatic heterocycles. The van der Waals surface area contributed by atoms with Crippen LogP contribution in [0.1, 0.15) is 65.2 Å². The average Bonchev–Trinajstić information content (AvgIpc) is 3.09. The lowest BCUT2D eigenvalue weighted by atomic mass is 9.49. The van der Waals surface area contributed by atoms with Crippen LogP contribution in [-0.2, 0) is 14.3 Å². The van der Waals surface area contributed by atoms with E-state index in [0.717, 1.165) is 38.5 Å². The fraction of sp³-hybridized carbons (Fsp3) is 0.905. The van der Waals surface area contributed by atoms with Crippen LogP contribution in [0.2, 0.25) is 0 Å². The van der Waals surface area contributed by atoms with Gasteiger partial charge in [0.25, 0.3) is 0 Å². The Hall–Kier alpha value is -0.700. The van der Waals surface area contributed by atoms with E-state index in [0.29, 0.717) is 29.3 Å². The first-order valence-corrected chi connectivity index (χ1v) is 10.0. The van der Waals surface area contributed by atoms with Gasteiger partial charge < -0.3 is 4.74 Å². The van der Waals surface area contributed by atoms with Gasteiger partial charge in [0.1, 0.15) is 11.6 Å². The summed E-state index contributed by atoms with van der Waals surface area (Å²) < 4.78 is 6.04. The number of hydrogen-bond donors (Lipinski definition) is 0. The van der Waals surface area contributed by atoms with E-state index in [9.17, 15) is 9.59 Å². The molecule has 0 aromatic rings. The molecule has 0 N–H and O–H groups in total. The second-order valence-corrected chi connectivity index (χ2v) is 9.72. The average molecular weight is 330 g/mol. The van der Waals surface area contributed by atoms with Crippen molar-refractivity contribution in [1.29, 1.82) is 0 Å². The molecule has 0 aromatic heterocycles. The van der Waals surface area contributed by atoms with E-state index in [1.165, 1.54) is 12.8 Å². The highest BCUT2D eigenvalue weighted by Gasteiger charge is 2.85. The number of carbonyl (C=O) groups excluding carboxylic acids is 2. The zero-order valence-electron chi connectivity index (χ0n) is 15.3. The quantitative estimate of drug-likeness (QED) is 0.734. The Morgan fingerprint density at radius 3 is 2.50 bits per heavy atom. The van der Waals surface area contributed by atoms with Crippen LogP contribution in [0.3, 0.4) is 0 Å². The van der Waals surface area contributed by atoms with Crippen LogP contribution >= 0.6 is 0 Å². The maximum absolute atomic E-state index is 12.5. The lowest BCUT2D eigenvalue weighted by Gasteiger charge is -2.54. The third-order valence-corrected chi connectivity index (χ3v) is 9.69. The maximum Gasteiger partial charge on any atom is 0.139 e. The largest absolute Gasteiger partial charge is 0.380 e. The minimum atomic E-state index is -0.0502. The van der Waals surface area contributed by atoms with Gasteiger partial charge in [-0.2, -0.15) is 0 Å². The molecule has 0 aromatic carbocycles. The molecular formula is C21H30O3. The van der Waals surface area contributed by atoms with Crippen molar-refractivity contribution in [2.45, 2.75) is 71.3 Å². The summed E-state index contributed by atoms with van der Waals surface area (Å²) in [4.78, 5) is 25.0. The summed E-state index contributed by atoms with van der Waals surface area (Å²) in [5.41, 5.74) is 0.310. The summed E-state index contributed by atoms with van der Waals surface area (Å²) in [7, 11) is 1.86. The van der Waals surface area contributed by atoms with E-state index >= 15 is 0 Å². The van der Waals surface area contributed by atoms with Crippen molar-refractivity contribution in [3.63, 3.8) is 0 Å². The second-order valence-electron chi connectivity index (χ2n) is 9.72. The third-order valence-electron chi connectivity index (χ3n) is 9.69. The van der Waals surface area contributed by atoms with Crippen LogP contribution in [0.15, 0.2) is 0 Å². The highest BCUT2D eigenvalue weighted by atomic mass is 16.5. The molecule has 0 radical (unpaired) electrons.